The molecule has 0 unspecified atom stereocenters. The van der Waals surface area contributed by atoms with E-state index in [9.17, 15) is 9.59 Å². The lowest BCUT2D eigenvalue weighted by Crippen LogP contribution is -2.41. The molecule has 0 spiro atoms. The van der Waals surface area contributed by atoms with Gasteiger partial charge < -0.3 is 4.74 Å². The van der Waals surface area contributed by atoms with Crippen LogP contribution in [0.2, 0.25) is 0 Å². The van der Waals surface area contributed by atoms with Gasteiger partial charge in [-0.1, -0.05) is 30.3 Å². The van der Waals surface area contributed by atoms with Crippen molar-refractivity contribution < 1.29 is 14.3 Å². The first-order chi connectivity index (χ1) is 9.16. The van der Waals surface area contributed by atoms with Gasteiger partial charge >= 0.3 is 6.09 Å². The first kappa shape index (κ1) is 13.6. The van der Waals surface area contributed by atoms with Gasteiger partial charge in [0, 0.05) is 19.4 Å². The number of carbonyl (C=O) groups excluding carboxylic acids is 2. The Labute approximate surface area is 113 Å². The van der Waals surface area contributed by atoms with Crippen molar-refractivity contribution in [3.05, 3.63) is 35.9 Å². The third kappa shape index (κ3) is 3.81. The highest BCUT2D eigenvalue weighted by Crippen LogP contribution is 2.13. The van der Waals surface area contributed by atoms with E-state index in [4.69, 9.17) is 4.74 Å². The van der Waals surface area contributed by atoms with Crippen LogP contribution in [0, 0.1) is 0 Å². The topological polar surface area (TPSA) is 46.6 Å². The molecule has 102 valence electrons. The minimum absolute atomic E-state index is 0.122. The van der Waals surface area contributed by atoms with E-state index in [0.29, 0.717) is 19.4 Å². The summed E-state index contributed by atoms with van der Waals surface area (Å²) in [6.07, 6.45) is 2.10. The van der Waals surface area contributed by atoms with E-state index in [1.165, 1.54) is 4.90 Å². The number of likely N-dealkylation sites (tertiary alicyclic amines) is 1. The lowest BCUT2D eigenvalue weighted by molar-refractivity contribution is -0.131. The second-order valence-electron chi connectivity index (χ2n) is 4.89. The number of hydrogen-bond acceptors (Lipinski definition) is 3. The van der Waals surface area contributed by atoms with Crippen LogP contribution in [-0.4, -0.2) is 29.5 Å². The molecule has 19 heavy (non-hydrogen) atoms. The molecule has 0 saturated carbocycles. The number of ether oxygens (including phenoxy) is 1. The second kappa shape index (κ2) is 6.36. The zero-order valence-corrected chi connectivity index (χ0v) is 11.2. The molecule has 1 aromatic rings. The van der Waals surface area contributed by atoms with Gasteiger partial charge in [-0.2, -0.15) is 0 Å². The Morgan fingerprint density at radius 3 is 2.74 bits per heavy atom. The number of nitrogens with zero attached hydrogens (tertiary/aromatic N) is 1. The van der Waals surface area contributed by atoms with Crippen LogP contribution in [0.25, 0.3) is 0 Å². The van der Waals surface area contributed by atoms with Crippen molar-refractivity contribution in [2.75, 3.05) is 6.54 Å². The third-order valence-corrected chi connectivity index (χ3v) is 3.21. The largest absolute Gasteiger partial charge is 0.446 e. The molecule has 1 aliphatic rings. The summed E-state index contributed by atoms with van der Waals surface area (Å²) in [5.41, 5.74) is 1.12. The molecule has 0 bridgehead atoms. The molecule has 4 nitrogen and oxygen atoms in total. The molecule has 1 atom stereocenters. The molecule has 0 aliphatic carbocycles. The van der Waals surface area contributed by atoms with Crippen molar-refractivity contribution in [3.8, 4) is 0 Å². The molecule has 0 aromatic heterocycles. The Bertz CT molecular complexity index is 444. The maximum absolute atomic E-state index is 11.9. The van der Waals surface area contributed by atoms with Crippen LogP contribution in [0.15, 0.2) is 30.3 Å². The van der Waals surface area contributed by atoms with Gasteiger partial charge in [-0.3, -0.25) is 4.79 Å². The Balaban J connectivity index is 1.86. The number of carbonyl (C=O) groups is 2. The first-order valence-electron chi connectivity index (χ1n) is 6.71. The number of imide groups is 1. The summed E-state index contributed by atoms with van der Waals surface area (Å²) in [7, 11) is 0. The summed E-state index contributed by atoms with van der Waals surface area (Å²) in [6.45, 7) is 2.33. The summed E-state index contributed by atoms with van der Waals surface area (Å²) in [5, 5.41) is 0. The highest BCUT2D eigenvalue weighted by Gasteiger charge is 2.26. The fraction of sp³-hybridized carbons (Fsp3) is 0.467. The molecule has 1 aliphatic heterocycles. The molecule has 4 heteroatoms. The van der Waals surface area contributed by atoms with Crippen LogP contribution in [0.1, 0.15) is 31.7 Å². The normalized spacial score (nSPS) is 17.1. The molecule has 1 saturated heterocycles. The molecule has 1 aromatic carbocycles. The lowest BCUT2D eigenvalue weighted by atomic mass is 10.1. The molecule has 1 heterocycles. The predicted octanol–water partition coefficient (Wildman–Crippen LogP) is 2.77. The van der Waals surface area contributed by atoms with Crippen molar-refractivity contribution >= 4 is 12.0 Å². The quantitative estimate of drug-likeness (QED) is 0.840. The van der Waals surface area contributed by atoms with Crippen LogP contribution >= 0.6 is 0 Å². The van der Waals surface area contributed by atoms with Gasteiger partial charge in [0.05, 0.1) is 0 Å². The average Bonchev–Trinajstić information content (AvgIpc) is 2.40. The van der Waals surface area contributed by atoms with Gasteiger partial charge in [0.15, 0.2) is 0 Å². The van der Waals surface area contributed by atoms with Crippen LogP contribution < -0.4 is 0 Å². The molecule has 1 fully saturated rings. The standard InChI is InChI=1S/C15H19NO3/c1-12(11-13-7-3-2-4-8-13)19-15(18)16-10-6-5-9-14(16)17/h2-4,7-8,12H,5-6,9-11H2,1H3/t12-/m0/s1. The summed E-state index contributed by atoms with van der Waals surface area (Å²) in [5.74, 6) is -0.122. The van der Waals surface area contributed by atoms with E-state index >= 15 is 0 Å². The predicted molar refractivity (Wildman–Crippen MR) is 71.7 cm³/mol. The maximum atomic E-state index is 11.9. The van der Waals surface area contributed by atoms with Crippen LogP contribution in [-0.2, 0) is 16.0 Å². The maximum Gasteiger partial charge on any atom is 0.416 e. The van der Waals surface area contributed by atoms with Gasteiger partial charge in [0.1, 0.15) is 6.10 Å². The Kier molecular flexibility index (Phi) is 4.55. The van der Waals surface area contributed by atoms with E-state index in [2.05, 4.69) is 0 Å². The van der Waals surface area contributed by atoms with Gasteiger partial charge in [-0.15, -0.1) is 0 Å². The molecule has 0 N–H and O–H groups in total. The molecular weight excluding hydrogens is 242 g/mol. The van der Waals surface area contributed by atoms with Gasteiger partial charge in [0.2, 0.25) is 5.91 Å². The summed E-state index contributed by atoms with van der Waals surface area (Å²) in [4.78, 5) is 24.7. The summed E-state index contributed by atoms with van der Waals surface area (Å²) >= 11 is 0. The SMILES string of the molecule is C[C@@H](Cc1ccccc1)OC(=O)N1CCCCC1=O. The van der Waals surface area contributed by atoms with E-state index in [0.717, 1.165) is 18.4 Å². The van der Waals surface area contributed by atoms with Gasteiger partial charge in [0.25, 0.3) is 0 Å². The summed E-state index contributed by atoms with van der Waals surface area (Å²) < 4.78 is 5.33. The summed E-state index contributed by atoms with van der Waals surface area (Å²) in [6, 6.07) is 9.86. The molecule has 2 rings (SSSR count). The number of rotatable bonds is 3. The Hall–Kier alpha value is -1.84. The number of piperidine rings is 1. The van der Waals surface area contributed by atoms with E-state index in [1.807, 2.05) is 37.3 Å². The Morgan fingerprint density at radius 2 is 2.05 bits per heavy atom. The van der Waals surface area contributed by atoms with Crippen molar-refractivity contribution in [1.29, 1.82) is 0 Å². The van der Waals surface area contributed by atoms with Crippen molar-refractivity contribution in [2.45, 2.75) is 38.7 Å². The molecular formula is C15H19NO3. The second-order valence-corrected chi connectivity index (χ2v) is 4.89. The minimum Gasteiger partial charge on any atom is -0.446 e. The van der Waals surface area contributed by atoms with Crippen molar-refractivity contribution in [3.63, 3.8) is 0 Å². The number of hydrogen-bond donors (Lipinski definition) is 0. The van der Waals surface area contributed by atoms with Crippen molar-refractivity contribution in [2.24, 2.45) is 0 Å². The van der Waals surface area contributed by atoms with Crippen molar-refractivity contribution in [1.82, 2.24) is 4.90 Å². The van der Waals surface area contributed by atoms with E-state index in [-0.39, 0.29) is 12.0 Å². The molecule has 0 radical (unpaired) electrons. The monoisotopic (exact) mass is 261 g/mol. The lowest BCUT2D eigenvalue weighted by Gasteiger charge is -2.25. The average molecular weight is 261 g/mol. The van der Waals surface area contributed by atoms with Crippen LogP contribution in [0.3, 0.4) is 0 Å². The van der Waals surface area contributed by atoms with E-state index in [1.54, 1.807) is 0 Å². The van der Waals surface area contributed by atoms with Crippen LogP contribution in [0.5, 0.6) is 0 Å². The third-order valence-electron chi connectivity index (χ3n) is 3.21. The van der Waals surface area contributed by atoms with Crippen LogP contribution in [0.4, 0.5) is 4.79 Å². The Morgan fingerprint density at radius 1 is 1.32 bits per heavy atom. The number of amides is 2. The fourth-order valence-corrected chi connectivity index (χ4v) is 2.22. The number of benzene rings is 1. The highest BCUT2D eigenvalue weighted by molar-refractivity contribution is 5.92. The van der Waals surface area contributed by atoms with E-state index < -0.39 is 6.09 Å². The molecule has 2 amide bonds. The highest BCUT2D eigenvalue weighted by atomic mass is 16.6. The fourth-order valence-electron chi connectivity index (χ4n) is 2.22. The smallest absolute Gasteiger partial charge is 0.416 e. The zero-order valence-electron chi connectivity index (χ0n) is 11.2. The minimum atomic E-state index is -0.506. The zero-order chi connectivity index (χ0) is 13.7. The van der Waals surface area contributed by atoms with Gasteiger partial charge in [-0.25, -0.2) is 9.69 Å². The van der Waals surface area contributed by atoms with Gasteiger partial charge in [-0.05, 0) is 25.3 Å². The first-order valence-corrected chi connectivity index (χ1v) is 6.71.